The van der Waals surface area contributed by atoms with Crippen molar-refractivity contribution in [3.8, 4) is 11.5 Å². The van der Waals surface area contributed by atoms with Gasteiger partial charge in [0.1, 0.15) is 23.3 Å². The summed E-state index contributed by atoms with van der Waals surface area (Å²) in [6, 6.07) is 12.8. The molecule has 0 spiro atoms. The summed E-state index contributed by atoms with van der Waals surface area (Å²) in [7, 11) is 0. The number of anilines is 1. The number of ketones is 1. The zero-order valence-corrected chi connectivity index (χ0v) is 20.6. The lowest BCUT2D eigenvalue weighted by Crippen LogP contribution is -2.29. The van der Waals surface area contributed by atoms with E-state index in [0.29, 0.717) is 41.0 Å². The van der Waals surface area contributed by atoms with Crippen LogP contribution in [0.4, 0.5) is 5.69 Å². The molecule has 1 aliphatic rings. The predicted molar refractivity (Wildman–Crippen MR) is 134 cm³/mol. The summed E-state index contributed by atoms with van der Waals surface area (Å²) in [4.78, 5) is 28.8. The highest BCUT2D eigenvalue weighted by molar-refractivity contribution is 7.10. The molecule has 3 aromatic rings. The van der Waals surface area contributed by atoms with Crippen LogP contribution < -0.4 is 14.4 Å². The first-order valence-corrected chi connectivity index (χ1v) is 12.1. The molecule has 2 aromatic carbocycles. The van der Waals surface area contributed by atoms with Gasteiger partial charge in [0.15, 0.2) is 0 Å². The summed E-state index contributed by atoms with van der Waals surface area (Å²) in [5.41, 5.74) is 1.76. The number of carbonyl (C=O) groups is 2. The van der Waals surface area contributed by atoms with E-state index in [1.807, 2.05) is 32.2 Å². The highest BCUT2D eigenvalue weighted by Gasteiger charge is 2.48. The van der Waals surface area contributed by atoms with Crippen LogP contribution in [0, 0.1) is 6.92 Å². The van der Waals surface area contributed by atoms with Gasteiger partial charge >= 0.3 is 0 Å². The van der Waals surface area contributed by atoms with Crippen molar-refractivity contribution in [2.75, 3.05) is 18.1 Å². The number of ether oxygens (including phenoxy) is 2. The molecule has 1 atom stereocenters. The van der Waals surface area contributed by atoms with E-state index in [9.17, 15) is 14.7 Å². The molecule has 1 amide bonds. The predicted octanol–water partition coefficient (Wildman–Crippen LogP) is 6.13. The molecule has 34 heavy (non-hydrogen) atoms. The van der Waals surface area contributed by atoms with E-state index in [1.165, 1.54) is 16.2 Å². The molecule has 1 unspecified atom stereocenters. The number of halogens is 1. The van der Waals surface area contributed by atoms with E-state index in [4.69, 9.17) is 21.1 Å². The molecule has 8 heteroatoms. The summed E-state index contributed by atoms with van der Waals surface area (Å²) >= 11 is 7.47. The van der Waals surface area contributed by atoms with Gasteiger partial charge in [0.25, 0.3) is 11.7 Å². The van der Waals surface area contributed by atoms with Crippen molar-refractivity contribution in [1.29, 1.82) is 0 Å². The Hall–Kier alpha value is -3.29. The molecule has 0 saturated carbocycles. The van der Waals surface area contributed by atoms with E-state index < -0.39 is 17.7 Å². The van der Waals surface area contributed by atoms with Crippen molar-refractivity contribution in [2.24, 2.45) is 0 Å². The fraction of sp³-hybridized carbons (Fsp3) is 0.231. The summed E-state index contributed by atoms with van der Waals surface area (Å²) < 4.78 is 11.3. The Morgan fingerprint density at radius 3 is 2.38 bits per heavy atom. The first-order chi connectivity index (χ1) is 16.4. The smallest absolute Gasteiger partial charge is 0.300 e. The molecule has 176 valence electrons. The molecule has 1 fully saturated rings. The number of hydrogen-bond acceptors (Lipinski definition) is 6. The quantitative estimate of drug-likeness (QED) is 0.241. The molecule has 1 N–H and O–H groups in total. The van der Waals surface area contributed by atoms with E-state index in [0.717, 1.165) is 10.4 Å². The SMILES string of the molecule is CCOc1ccc(/C(O)=C2\C(=O)C(=O)N(c3ccc(Cl)cc3)C2c2sccc2C)c(OCC)c1. The van der Waals surface area contributed by atoms with Crippen molar-refractivity contribution in [3.63, 3.8) is 0 Å². The summed E-state index contributed by atoms with van der Waals surface area (Å²) in [6.45, 7) is 6.43. The molecule has 1 aromatic heterocycles. The van der Waals surface area contributed by atoms with E-state index in [2.05, 4.69) is 0 Å². The van der Waals surface area contributed by atoms with Gasteiger partial charge in [0.05, 0.1) is 24.4 Å². The number of aliphatic hydroxyl groups is 1. The average molecular weight is 498 g/mol. The largest absolute Gasteiger partial charge is 0.507 e. The van der Waals surface area contributed by atoms with Gasteiger partial charge in [-0.1, -0.05) is 11.6 Å². The van der Waals surface area contributed by atoms with Gasteiger partial charge in [-0.05, 0) is 74.2 Å². The van der Waals surface area contributed by atoms with E-state index in [1.54, 1.807) is 42.5 Å². The highest BCUT2D eigenvalue weighted by atomic mass is 35.5. The van der Waals surface area contributed by atoms with Crippen molar-refractivity contribution >= 4 is 46.1 Å². The summed E-state index contributed by atoms with van der Waals surface area (Å²) in [5, 5.41) is 13.9. The van der Waals surface area contributed by atoms with Gasteiger partial charge in [0, 0.05) is 21.7 Å². The number of hydrogen-bond donors (Lipinski definition) is 1. The van der Waals surface area contributed by atoms with Crippen LogP contribution in [0.15, 0.2) is 59.5 Å². The van der Waals surface area contributed by atoms with Crippen LogP contribution in [0.3, 0.4) is 0 Å². The monoisotopic (exact) mass is 497 g/mol. The van der Waals surface area contributed by atoms with Crippen molar-refractivity contribution in [3.05, 3.63) is 80.5 Å². The molecular weight excluding hydrogens is 474 g/mol. The average Bonchev–Trinajstić information content (AvgIpc) is 3.35. The van der Waals surface area contributed by atoms with Gasteiger partial charge in [-0.3, -0.25) is 14.5 Å². The number of benzene rings is 2. The maximum Gasteiger partial charge on any atom is 0.300 e. The lowest BCUT2D eigenvalue weighted by atomic mass is 9.97. The van der Waals surface area contributed by atoms with Crippen LogP contribution in [-0.2, 0) is 9.59 Å². The Morgan fingerprint density at radius 2 is 1.76 bits per heavy atom. The molecule has 6 nitrogen and oxygen atoms in total. The molecule has 0 bridgehead atoms. The standard InChI is InChI=1S/C26H24ClNO5S/c1-4-32-18-10-11-19(20(14-18)33-5-2)23(29)21-22(25-15(3)12-13-34-25)28(26(31)24(21)30)17-8-6-16(27)7-9-17/h6-14,22,29H,4-5H2,1-3H3/b23-21+. The number of aliphatic hydroxyl groups excluding tert-OH is 1. The molecule has 0 radical (unpaired) electrons. The third-order valence-electron chi connectivity index (χ3n) is 5.52. The summed E-state index contributed by atoms with van der Waals surface area (Å²) in [5.74, 6) is -0.827. The third-order valence-corrected chi connectivity index (χ3v) is 6.84. The second-order valence-corrected chi connectivity index (χ2v) is 9.02. The van der Waals surface area contributed by atoms with E-state index >= 15 is 0 Å². The van der Waals surface area contributed by atoms with Crippen LogP contribution in [0.1, 0.15) is 35.9 Å². The fourth-order valence-electron chi connectivity index (χ4n) is 3.99. The number of carbonyl (C=O) groups excluding carboxylic acids is 2. The number of nitrogens with zero attached hydrogens (tertiary/aromatic N) is 1. The first-order valence-electron chi connectivity index (χ1n) is 10.9. The second-order valence-electron chi connectivity index (χ2n) is 7.64. The van der Waals surface area contributed by atoms with Gasteiger partial charge in [-0.2, -0.15) is 0 Å². The minimum atomic E-state index is -0.790. The van der Waals surface area contributed by atoms with Crippen LogP contribution in [0.2, 0.25) is 5.02 Å². The third kappa shape index (κ3) is 4.29. The Labute approximate surface area is 207 Å². The molecule has 1 saturated heterocycles. The zero-order chi connectivity index (χ0) is 24.4. The van der Waals surface area contributed by atoms with Crippen LogP contribution in [-0.4, -0.2) is 30.0 Å². The normalized spacial score (nSPS) is 17.3. The van der Waals surface area contributed by atoms with Crippen molar-refractivity contribution in [1.82, 2.24) is 0 Å². The molecule has 4 rings (SSSR count). The van der Waals surface area contributed by atoms with Crippen LogP contribution >= 0.6 is 22.9 Å². The fourth-order valence-corrected chi connectivity index (χ4v) is 5.14. The second kappa shape index (κ2) is 9.91. The topological polar surface area (TPSA) is 76.1 Å². The lowest BCUT2D eigenvalue weighted by molar-refractivity contribution is -0.132. The van der Waals surface area contributed by atoms with Gasteiger partial charge < -0.3 is 14.6 Å². The number of aryl methyl sites for hydroxylation is 1. The highest BCUT2D eigenvalue weighted by Crippen LogP contribution is 2.46. The number of Topliss-reactive ketones (excluding diaryl/α,β-unsaturated/α-hetero) is 1. The first kappa shape index (κ1) is 23.9. The Balaban J connectivity index is 1.93. The van der Waals surface area contributed by atoms with Crippen molar-refractivity contribution in [2.45, 2.75) is 26.8 Å². The summed E-state index contributed by atoms with van der Waals surface area (Å²) in [6.07, 6.45) is 0. The zero-order valence-electron chi connectivity index (χ0n) is 19.0. The molecule has 0 aliphatic carbocycles. The minimum Gasteiger partial charge on any atom is -0.507 e. The van der Waals surface area contributed by atoms with Gasteiger partial charge in [-0.15, -0.1) is 11.3 Å². The maximum atomic E-state index is 13.3. The lowest BCUT2D eigenvalue weighted by Gasteiger charge is -2.25. The Bertz CT molecular complexity index is 1260. The van der Waals surface area contributed by atoms with Crippen molar-refractivity contribution < 1.29 is 24.2 Å². The number of amides is 1. The number of thiophene rings is 1. The molecule has 2 heterocycles. The maximum absolute atomic E-state index is 13.3. The molecular formula is C26H24ClNO5S. The van der Waals surface area contributed by atoms with Crippen LogP contribution in [0.5, 0.6) is 11.5 Å². The Kier molecular flexibility index (Phi) is 6.95. The Morgan fingerprint density at radius 1 is 1.06 bits per heavy atom. The molecule has 1 aliphatic heterocycles. The van der Waals surface area contributed by atoms with Crippen LogP contribution in [0.25, 0.3) is 5.76 Å². The van der Waals surface area contributed by atoms with Gasteiger partial charge in [-0.25, -0.2) is 0 Å². The van der Waals surface area contributed by atoms with E-state index in [-0.39, 0.29) is 11.3 Å². The van der Waals surface area contributed by atoms with Gasteiger partial charge in [0.2, 0.25) is 0 Å². The number of rotatable bonds is 7. The minimum absolute atomic E-state index is 0.00983.